The van der Waals surface area contributed by atoms with Gasteiger partial charge in [0.05, 0.1) is 21.7 Å². The van der Waals surface area contributed by atoms with Crippen LogP contribution in [-0.2, 0) is 4.79 Å². The van der Waals surface area contributed by atoms with Crippen LogP contribution in [0.15, 0.2) is 84.0 Å². The Morgan fingerprint density at radius 3 is 2.55 bits per heavy atom. The number of hydrogen-bond donors (Lipinski definition) is 1. The van der Waals surface area contributed by atoms with E-state index >= 15 is 0 Å². The van der Waals surface area contributed by atoms with Gasteiger partial charge in [-0.1, -0.05) is 42.1 Å². The number of nitrogens with one attached hydrogen (secondary N) is 1. The third-order valence-corrected chi connectivity index (χ3v) is 6.49. The number of benzene rings is 3. The van der Waals surface area contributed by atoms with Crippen molar-refractivity contribution in [3.8, 4) is 16.3 Å². The topological polar surface area (TPSA) is 85.6 Å². The normalized spacial score (nSPS) is 11.0. The van der Waals surface area contributed by atoms with Crippen LogP contribution in [0, 0.1) is 0 Å². The number of para-hydroxylation sites is 2. The van der Waals surface area contributed by atoms with Crippen molar-refractivity contribution in [1.29, 1.82) is 0 Å². The standard InChI is InChI=1S/C22H16N6OS2/c29-20(14-30-22-25-26-27-28(22)17-6-2-1-3-7-17)23-16-12-10-15(11-13-16)21-24-18-8-4-5-9-19(18)31-21/h1-13H,14H2,(H,23,29). The Labute approximate surface area is 186 Å². The first-order valence-corrected chi connectivity index (χ1v) is 11.3. The number of nitrogens with zero attached hydrogens (tertiary/aromatic N) is 5. The molecule has 7 nitrogen and oxygen atoms in total. The van der Waals surface area contributed by atoms with Gasteiger partial charge in [0, 0.05) is 11.3 Å². The Kier molecular flexibility index (Phi) is 5.42. The molecule has 0 aliphatic carbocycles. The van der Waals surface area contributed by atoms with Gasteiger partial charge in [-0.2, -0.15) is 4.68 Å². The quantitative estimate of drug-likeness (QED) is 0.383. The highest BCUT2D eigenvalue weighted by atomic mass is 32.2. The summed E-state index contributed by atoms with van der Waals surface area (Å²) in [7, 11) is 0. The summed E-state index contributed by atoms with van der Waals surface area (Å²) < 4.78 is 2.77. The molecule has 0 fully saturated rings. The van der Waals surface area contributed by atoms with Gasteiger partial charge in [-0.15, -0.1) is 16.4 Å². The second-order valence-electron chi connectivity index (χ2n) is 6.61. The van der Waals surface area contributed by atoms with Crippen molar-refractivity contribution in [2.24, 2.45) is 0 Å². The molecule has 31 heavy (non-hydrogen) atoms. The summed E-state index contributed by atoms with van der Waals surface area (Å²) in [5, 5.41) is 16.2. The van der Waals surface area contributed by atoms with E-state index in [1.54, 1.807) is 16.0 Å². The molecule has 3 aromatic carbocycles. The molecule has 0 aliphatic rings. The first-order chi connectivity index (χ1) is 15.3. The summed E-state index contributed by atoms with van der Waals surface area (Å²) >= 11 is 2.94. The van der Waals surface area contributed by atoms with Crippen molar-refractivity contribution in [2.45, 2.75) is 5.16 Å². The van der Waals surface area contributed by atoms with Crippen molar-refractivity contribution >= 4 is 44.9 Å². The van der Waals surface area contributed by atoms with Gasteiger partial charge in [-0.05, 0) is 59.0 Å². The first kappa shape index (κ1) is 19.4. The molecule has 0 bridgehead atoms. The van der Waals surface area contributed by atoms with Crippen molar-refractivity contribution in [3.05, 3.63) is 78.9 Å². The Morgan fingerprint density at radius 2 is 1.74 bits per heavy atom. The SMILES string of the molecule is O=C(CSc1nnnn1-c1ccccc1)Nc1ccc(-c2nc3ccccc3s2)cc1. The number of anilines is 1. The molecule has 5 aromatic rings. The van der Waals surface area contributed by atoms with Crippen molar-refractivity contribution in [3.63, 3.8) is 0 Å². The molecule has 0 saturated carbocycles. The van der Waals surface area contributed by atoms with Crippen LogP contribution in [0.1, 0.15) is 0 Å². The van der Waals surface area contributed by atoms with Crippen LogP contribution in [0.4, 0.5) is 5.69 Å². The average Bonchev–Trinajstić information content (AvgIpc) is 3.46. The lowest BCUT2D eigenvalue weighted by Gasteiger charge is -2.06. The molecule has 2 aromatic heterocycles. The van der Waals surface area contributed by atoms with Crippen LogP contribution in [-0.4, -0.2) is 36.9 Å². The zero-order valence-electron chi connectivity index (χ0n) is 16.2. The van der Waals surface area contributed by atoms with E-state index in [4.69, 9.17) is 0 Å². The second-order valence-corrected chi connectivity index (χ2v) is 8.58. The Bertz CT molecular complexity index is 1300. The highest BCUT2D eigenvalue weighted by molar-refractivity contribution is 7.99. The van der Waals surface area contributed by atoms with E-state index in [9.17, 15) is 4.79 Å². The number of rotatable bonds is 6. The van der Waals surface area contributed by atoms with Crippen LogP contribution in [0.2, 0.25) is 0 Å². The minimum absolute atomic E-state index is 0.125. The van der Waals surface area contributed by atoms with E-state index in [2.05, 4.69) is 31.9 Å². The van der Waals surface area contributed by atoms with Gasteiger partial charge in [-0.3, -0.25) is 4.79 Å². The third-order valence-electron chi connectivity index (χ3n) is 4.48. The van der Waals surface area contributed by atoms with Crippen LogP contribution >= 0.6 is 23.1 Å². The minimum Gasteiger partial charge on any atom is -0.325 e. The summed E-state index contributed by atoms with van der Waals surface area (Å²) in [5.41, 5.74) is 3.60. The summed E-state index contributed by atoms with van der Waals surface area (Å²) in [5.74, 6) is 0.0765. The molecular formula is C22H16N6OS2. The molecule has 9 heteroatoms. The summed E-state index contributed by atoms with van der Waals surface area (Å²) in [6, 6.07) is 25.4. The van der Waals surface area contributed by atoms with Crippen molar-refractivity contribution in [1.82, 2.24) is 25.2 Å². The molecule has 152 valence electrons. The van der Waals surface area contributed by atoms with Gasteiger partial charge in [0.25, 0.3) is 0 Å². The molecular weight excluding hydrogens is 428 g/mol. The number of thiazole rings is 1. The van der Waals surface area contributed by atoms with Gasteiger partial charge in [0.1, 0.15) is 5.01 Å². The molecule has 5 rings (SSSR count). The monoisotopic (exact) mass is 444 g/mol. The number of aromatic nitrogens is 5. The maximum Gasteiger partial charge on any atom is 0.234 e. The summed E-state index contributed by atoms with van der Waals surface area (Å²) in [6.07, 6.45) is 0. The fraction of sp³-hybridized carbons (Fsp3) is 0.0455. The van der Waals surface area contributed by atoms with E-state index in [0.717, 1.165) is 32.2 Å². The third kappa shape index (κ3) is 4.32. The number of amides is 1. The summed E-state index contributed by atoms with van der Waals surface area (Å²) in [4.78, 5) is 17.1. The maximum absolute atomic E-state index is 12.4. The van der Waals surface area contributed by atoms with E-state index in [0.29, 0.717) is 5.16 Å². The first-order valence-electron chi connectivity index (χ1n) is 9.49. The fourth-order valence-corrected chi connectivity index (χ4v) is 4.68. The van der Waals surface area contributed by atoms with Crippen LogP contribution in [0.25, 0.3) is 26.5 Å². The van der Waals surface area contributed by atoms with Gasteiger partial charge in [0.2, 0.25) is 11.1 Å². The van der Waals surface area contributed by atoms with E-state index < -0.39 is 0 Å². The van der Waals surface area contributed by atoms with E-state index in [1.165, 1.54) is 11.8 Å². The number of carbonyl (C=O) groups is 1. The fourth-order valence-electron chi connectivity index (χ4n) is 3.02. The molecule has 0 spiro atoms. The Hall–Kier alpha value is -3.56. The van der Waals surface area contributed by atoms with E-state index in [-0.39, 0.29) is 11.7 Å². The molecule has 0 aliphatic heterocycles. The highest BCUT2D eigenvalue weighted by Gasteiger charge is 2.12. The predicted octanol–water partition coefficient (Wildman–Crippen LogP) is 4.67. The molecule has 0 atom stereocenters. The van der Waals surface area contributed by atoms with Crippen LogP contribution < -0.4 is 5.32 Å². The largest absolute Gasteiger partial charge is 0.325 e. The predicted molar refractivity (Wildman–Crippen MR) is 124 cm³/mol. The number of hydrogen-bond acceptors (Lipinski definition) is 7. The van der Waals surface area contributed by atoms with Gasteiger partial charge in [0.15, 0.2) is 0 Å². The lowest BCUT2D eigenvalue weighted by Crippen LogP contribution is -2.14. The second kappa shape index (κ2) is 8.66. The van der Waals surface area contributed by atoms with Crippen LogP contribution in [0.5, 0.6) is 0 Å². The Balaban J connectivity index is 1.22. The number of thioether (sulfide) groups is 1. The molecule has 1 N–H and O–H groups in total. The maximum atomic E-state index is 12.4. The minimum atomic E-state index is -0.125. The highest BCUT2D eigenvalue weighted by Crippen LogP contribution is 2.30. The van der Waals surface area contributed by atoms with Crippen LogP contribution in [0.3, 0.4) is 0 Å². The number of tetrazole rings is 1. The summed E-state index contributed by atoms with van der Waals surface area (Å²) in [6.45, 7) is 0. The lowest BCUT2D eigenvalue weighted by molar-refractivity contribution is -0.113. The van der Waals surface area contributed by atoms with Crippen molar-refractivity contribution in [2.75, 3.05) is 11.1 Å². The lowest BCUT2D eigenvalue weighted by atomic mass is 10.2. The molecule has 2 heterocycles. The van der Waals surface area contributed by atoms with Gasteiger partial charge >= 0.3 is 0 Å². The van der Waals surface area contributed by atoms with Gasteiger partial charge < -0.3 is 5.32 Å². The number of fused-ring (bicyclic) bond motifs is 1. The Morgan fingerprint density at radius 1 is 0.968 bits per heavy atom. The average molecular weight is 445 g/mol. The molecule has 1 amide bonds. The number of carbonyl (C=O) groups excluding carboxylic acids is 1. The zero-order chi connectivity index (χ0) is 21.0. The van der Waals surface area contributed by atoms with Crippen molar-refractivity contribution < 1.29 is 4.79 Å². The van der Waals surface area contributed by atoms with E-state index in [1.807, 2.05) is 72.8 Å². The molecule has 0 saturated heterocycles. The molecule has 0 unspecified atom stereocenters. The zero-order valence-corrected chi connectivity index (χ0v) is 17.8. The molecule has 0 radical (unpaired) electrons. The van der Waals surface area contributed by atoms with Gasteiger partial charge in [-0.25, -0.2) is 4.98 Å². The smallest absolute Gasteiger partial charge is 0.234 e.